The lowest BCUT2D eigenvalue weighted by atomic mass is 9.99. The number of aromatic amines is 1. The van der Waals surface area contributed by atoms with E-state index < -0.39 is 0 Å². The van der Waals surface area contributed by atoms with Gasteiger partial charge in [0.15, 0.2) is 11.2 Å². The van der Waals surface area contributed by atoms with Crippen molar-refractivity contribution in [3.8, 4) is 0 Å². The number of fused-ring (bicyclic) bond motifs is 1. The molecular formula is C23H31N5O2. The highest BCUT2D eigenvalue weighted by molar-refractivity contribution is 5.70. The van der Waals surface area contributed by atoms with Gasteiger partial charge in [0, 0.05) is 19.6 Å². The van der Waals surface area contributed by atoms with Crippen LogP contribution in [0.15, 0.2) is 27.8 Å². The number of imidazole rings is 1. The fourth-order valence-corrected chi connectivity index (χ4v) is 4.73. The largest absolute Gasteiger partial charge is 0.330 e. The van der Waals surface area contributed by atoms with E-state index in [1.165, 1.54) is 16.7 Å². The van der Waals surface area contributed by atoms with E-state index in [1.54, 1.807) is 4.57 Å². The normalized spacial score (nSPS) is 17.3. The average molecular weight is 410 g/mol. The molecule has 1 saturated heterocycles. The van der Waals surface area contributed by atoms with Crippen molar-refractivity contribution in [2.24, 2.45) is 7.05 Å². The number of aromatic nitrogens is 4. The SMILES string of the molecule is CCCCn1c(=O)[nH]c(=O)c2c1nc(CN1CCCC1c1cc(C)cc(C)c1)n2C. The molecule has 1 unspecified atom stereocenters. The Balaban J connectivity index is 1.71. The van der Waals surface area contributed by atoms with Crippen molar-refractivity contribution in [3.05, 3.63) is 61.6 Å². The van der Waals surface area contributed by atoms with Crippen molar-refractivity contribution in [3.63, 3.8) is 0 Å². The van der Waals surface area contributed by atoms with Crippen LogP contribution in [0.5, 0.6) is 0 Å². The quantitative estimate of drug-likeness (QED) is 0.678. The minimum Gasteiger partial charge on any atom is -0.324 e. The van der Waals surface area contributed by atoms with Gasteiger partial charge in [0.05, 0.1) is 6.54 Å². The number of hydrogen-bond acceptors (Lipinski definition) is 4. The van der Waals surface area contributed by atoms with Crippen LogP contribution in [0.4, 0.5) is 0 Å². The average Bonchev–Trinajstić information content (AvgIpc) is 3.26. The molecule has 0 amide bonds. The molecule has 4 rings (SSSR count). The van der Waals surface area contributed by atoms with Gasteiger partial charge in [0.1, 0.15) is 5.82 Å². The Labute approximate surface area is 176 Å². The molecular weight excluding hydrogens is 378 g/mol. The molecule has 1 aliphatic rings. The third-order valence-corrected chi connectivity index (χ3v) is 6.18. The molecule has 30 heavy (non-hydrogen) atoms. The summed E-state index contributed by atoms with van der Waals surface area (Å²) in [7, 11) is 1.87. The molecule has 1 aromatic carbocycles. The highest BCUT2D eigenvalue weighted by Crippen LogP contribution is 2.34. The lowest BCUT2D eigenvalue weighted by molar-refractivity contribution is 0.240. The highest BCUT2D eigenvalue weighted by Gasteiger charge is 2.28. The summed E-state index contributed by atoms with van der Waals surface area (Å²) in [4.78, 5) is 34.6. The van der Waals surface area contributed by atoms with Gasteiger partial charge in [-0.1, -0.05) is 42.7 Å². The van der Waals surface area contributed by atoms with Gasteiger partial charge in [-0.05, 0) is 45.2 Å². The molecule has 0 aliphatic carbocycles. The van der Waals surface area contributed by atoms with E-state index in [1.807, 2.05) is 11.6 Å². The molecule has 3 heterocycles. The van der Waals surface area contributed by atoms with Crippen LogP contribution < -0.4 is 11.2 Å². The smallest absolute Gasteiger partial charge is 0.324 e. The topological polar surface area (TPSA) is 75.9 Å². The molecule has 3 aromatic rings. The maximum atomic E-state index is 12.5. The third kappa shape index (κ3) is 3.74. The van der Waals surface area contributed by atoms with Crippen LogP contribution in [-0.4, -0.2) is 30.5 Å². The van der Waals surface area contributed by atoms with E-state index in [0.717, 1.165) is 38.1 Å². The molecule has 1 aliphatic heterocycles. The van der Waals surface area contributed by atoms with Crippen LogP contribution >= 0.6 is 0 Å². The van der Waals surface area contributed by atoms with Gasteiger partial charge in [-0.3, -0.25) is 19.2 Å². The second kappa shape index (κ2) is 8.22. The van der Waals surface area contributed by atoms with Gasteiger partial charge in [0.25, 0.3) is 5.56 Å². The van der Waals surface area contributed by atoms with Crippen LogP contribution in [0.1, 0.15) is 61.2 Å². The summed E-state index contributed by atoms with van der Waals surface area (Å²) in [6, 6.07) is 7.11. The molecule has 7 heteroatoms. The second-order valence-electron chi connectivity index (χ2n) is 8.57. The van der Waals surface area contributed by atoms with E-state index in [4.69, 9.17) is 4.98 Å². The molecule has 160 valence electrons. The number of unbranched alkanes of at least 4 members (excludes halogenated alkanes) is 1. The van der Waals surface area contributed by atoms with E-state index in [-0.39, 0.29) is 11.2 Å². The summed E-state index contributed by atoms with van der Waals surface area (Å²) < 4.78 is 3.46. The number of H-pyrrole nitrogens is 1. The first kappa shape index (κ1) is 20.6. The Morgan fingerprint density at radius 1 is 1.17 bits per heavy atom. The van der Waals surface area contributed by atoms with Crippen molar-refractivity contribution in [1.82, 2.24) is 24.0 Å². The van der Waals surface area contributed by atoms with Gasteiger partial charge in [-0.2, -0.15) is 0 Å². The van der Waals surface area contributed by atoms with Gasteiger partial charge in [-0.15, -0.1) is 0 Å². The summed E-state index contributed by atoms with van der Waals surface area (Å²) in [5, 5.41) is 0. The molecule has 1 N–H and O–H groups in total. The Kier molecular flexibility index (Phi) is 5.64. The molecule has 0 saturated carbocycles. The van der Waals surface area contributed by atoms with Crippen molar-refractivity contribution in [2.75, 3.05) is 6.54 Å². The number of nitrogens with one attached hydrogen (secondary N) is 1. The van der Waals surface area contributed by atoms with Crippen LogP contribution in [0.3, 0.4) is 0 Å². The lowest BCUT2D eigenvalue weighted by Crippen LogP contribution is -2.31. The Morgan fingerprint density at radius 2 is 1.90 bits per heavy atom. The molecule has 0 bridgehead atoms. The zero-order chi connectivity index (χ0) is 21.4. The van der Waals surface area contributed by atoms with Crippen LogP contribution in [0.25, 0.3) is 11.2 Å². The van der Waals surface area contributed by atoms with Crippen molar-refractivity contribution in [1.29, 1.82) is 0 Å². The van der Waals surface area contributed by atoms with E-state index in [0.29, 0.717) is 30.3 Å². The zero-order valence-electron chi connectivity index (χ0n) is 18.4. The number of benzene rings is 1. The zero-order valence-corrected chi connectivity index (χ0v) is 18.4. The third-order valence-electron chi connectivity index (χ3n) is 6.18. The molecule has 0 spiro atoms. The van der Waals surface area contributed by atoms with Crippen LogP contribution in [0.2, 0.25) is 0 Å². The predicted octanol–water partition coefficient (Wildman–Crippen LogP) is 3.18. The van der Waals surface area contributed by atoms with Crippen molar-refractivity contribution in [2.45, 2.75) is 65.6 Å². The van der Waals surface area contributed by atoms with Gasteiger partial charge < -0.3 is 4.57 Å². The maximum absolute atomic E-state index is 12.5. The summed E-state index contributed by atoms with van der Waals surface area (Å²) in [5.41, 5.74) is 4.15. The van der Waals surface area contributed by atoms with E-state index in [2.05, 4.69) is 48.9 Å². The Morgan fingerprint density at radius 3 is 2.60 bits per heavy atom. The maximum Gasteiger partial charge on any atom is 0.330 e. The monoisotopic (exact) mass is 409 g/mol. The standard InChI is InChI=1S/C23H31N5O2/c1-5-6-10-28-21-20(22(29)25-23(28)30)26(4)19(24-21)14-27-9-7-8-18(27)17-12-15(2)11-16(3)13-17/h11-13,18H,5-10,14H2,1-4H3,(H,25,29,30). The molecule has 2 aromatic heterocycles. The van der Waals surface area contributed by atoms with E-state index >= 15 is 0 Å². The first-order chi connectivity index (χ1) is 14.4. The summed E-state index contributed by atoms with van der Waals surface area (Å²) in [6.07, 6.45) is 4.10. The summed E-state index contributed by atoms with van der Waals surface area (Å²) in [6.45, 7) is 8.59. The number of nitrogens with zero attached hydrogens (tertiary/aromatic N) is 4. The second-order valence-corrected chi connectivity index (χ2v) is 8.57. The predicted molar refractivity (Wildman–Crippen MR) is 119 cm³/mol. The Hall–Kier alpha value is -2.67. The number of likely N-dealkylation sites (tertiary alicyclic amines) is 1. The number of hydrogen-bond donors (Lipinski definition) is 1. The molecule has 0 radical (unpaired) electrons. The van der Waals surface area contributed by atoms with Gasteiger partial charge in [-0.25, -0.2) is 9.78 Å². The fourth-order valence-electron chi connectivity index (χ4n) is 4.73. The minimum atomic E-state index is -0.375. The molecule has 1 fully saturated rings. The lowest BCUT2D eigenvalue weighted by Gasteiger charge is -2.25. The first-order valence-electron chi connectivity index (χ1n) is 10.9. The number of aryl methyl sites for hydroxylation is 4. The minimum absolute atomic E-state index is 0.351. The van der Waals surface area contributed by atoms with Crippen molar-refractivity contribution < 1.29 is 0 Å². The highest BCUT2D eigenvalue weighted by atomic mass is 16.2. The van der Waals surface area contributed by atoms with Gasteiger partial charge >= 0.3 is 5.69 Å². The molecule has 1 atom stereocenters. The number of rotatable bonds is 6. The summed E-state index contributed by atoms with van der Waals surface area (Å²) in [5.74, 6) is 0.822. The van der Waals surface area contributed by atoms with Crippen LogP contribution in [0, 0.1) is 13.8 Å². The van der Waals surface area contributed by atoms with Crippen molar-refractivity contribution >= 4 is 11.2 Å². The first-order valence-corrected chi connectivity index (χ1v) is 10.9. The molecule has 7 nitrogen and oxygen atoms in total. The Bertz CT molecular complexity index is 1170. The van der Waals surface area contributed by atoms with E-state index in [9.17, 15) is 9.59 Å². The van der Waals surface area contributed by atoms with Crippen LogP contribution in [-0.2, 0) is 20.1 Å². The fraction of sp³-hybridized carbons (Fsp3) is 0.522. The summed E-state index contributed by atoms with van der Waals surface area (Å²) >= 11 is 0. The van der Waals surface area contributed by atoms with Gasteiger partial charge in [0.2, 0.25) is 0 Å².